The highest BCUT2D eigenvalue weighted by atomic mass is 32.1. The zero-order chi connectivity index (χ0) is 30.2. The molecule has 0 radical (unpaired) electrons. The van der Waals surface area contributed by atoms with Gasteiger partial charge in [-0.3, -0.25) is 4.79 Å². The Hall–Kier alpha value is -4.76. The third kappa shape index (κ3) is 9.15. The molecule has 0 saturated heterocycles. The number of nitrogens with zero attached hydrogens (tertiary/aromatic N) is 3. The van der Waals surface area contributed by atoms with Crippen LogP contribution in [0.2, 0.25) is 0 Å². The number of carbonyl (C=O) groups is 2. The summed E-state index contributed by atoms with van der Waals surface area (Å²) in [5, 5.41) is 26.4. The van der Waals surface area contributed by atoms with Gasteiger partial charge in [-0.25, -0.2) is 19.7 Å². The summed E-state index contributed by atoms with van der Waals surface area (Å²) in [7, 11) is 0. The molecule has 41 heavy (non-hydrogen) atoms. The normalized spacial score (nSPS) is 10.8. The molecule has 0 saturated carbocycles. The molecule has 0 aliphatic rings. The number of nitrogens with two attached hydrogens (primary N) is 1. The molecule has 1 amide bonds. The van der Waals surface area contributed by atoms with Crippen LogP contribution in [0.15, 0.2) is 54.7 Å². The van der Waals surface area contributed by atoms with Crippen molar-refractivity contribution in [2.45, 2.75) is 20.0 Å². The van der Waals surface area contributed by atoms with E-state index in [0.29, 0.717) is 40.5 Å². The third-order valence-corrected chi connectivity index (χ3v) is 6.10. The number of thiazole rings is 1. The highest BCUT2D eigenvalue weighted by molar-refractivity contribution is 7.17. The summed E-state index contributed by atoms with van der Waals surface area (Å²) >= 11 is 1.02. The fourth-order valence-electron chi connectivity index (χ4n) is 3.20. The zero-order valence-corrected chi connectivity index (χ0v) is 22.6. The van der Waals surface area contributed by atoms with E-state index in [1.807, 2.05) is 6.92 Å². The molecule has 2 heterocycles. The number of nitrogens with one attached hydrogen (secondary N) is 3. The van der Waals surface area contributed by atoms with E-state index in [1.54, 1.807) is 31.2 Å². The minimum absolute atomic E-state index is 0.000262. The van der Waals surface area contributed by atoms with Crippen LogP contribution < -0.4 is 21.7 Å². The number of amides is 1. The second-order valence-electron chi connectivity index (χ2n) is 8.40. The maximum atomic E-state index is 12.6. The Bertz CT molecular complexity index is 1530. The van der Waals surface area contributed by atoms with Gasteiger partial charge in [0.1, 0.15) is 22.3 Å². The summed E-state index contributed by atoms with van der Waals surface area (Å²) in [5.41, 5.74) is 6.57. The van der Waals surface area contributed by atoms with Crippen molar-refractivity contribution >= 4 is 51.4 Å². The fraction of sp³-hybridized carbons (Fsp3) is 0.192. The molecule has 0 aliphatic heterocycles. The fourth-order valence-corrected chi connectivity index (χ4v) is 3.87. The first-order chi connectivity index (χ1) is 19.3. The molecule has 0 unspecified atom stereocenters. The van der Waals surface area contributed by atoms with Crippen LogP contribution in [-0.2, 0) is 6.18 Å². The Balaban J connectivity index is 0.000000226. The van der Waals surface area contributed by atoms with E-state index in [1.165, 1.54) is 18.3 Å². The number of carboxylic acids is 1. The van der Waals surface area contributed by atoms with Crippen molar-refractivity contribution < 1.29 is 33.0 Å². The lowest BCUT2D eigenvalue weighted by molar-refractivity contribution is -0.137. The number of nitrogen functional groups attached to an aromatic ring is 1. The van der Waals surface area contributed by atoms with Crippen LogP contribution in [0, 0.1) is 13.8 Å². The first kappa shape index (κ1) is 30.8. The van der Waals surface area contributed by atoms with Crippen molar-refractivity contribution in [3.63, 3.8) is 0 Å². The topological polar surface area (TPSA) is 175 Å². The molecule has 0 spiro atoms. The summed E-state index contributed by atoms with van der Waals surface area (Å²) in [6, 6.07) is 10.8. The predicted molar refractivity (Wildman–Crippen MR) is 150 cm³/mol. The molecule has 0 fully saturated rings. The summed E-state index contributed by atoms with van der Waals surface area (Å²) in [4.78, 5) is 35.2. The molecular weight excluding hydrogens is 563 g/mol. The Morgan fingerprint density at radius 2 is 1.78 bits per heavy atom. The van der Waals surface area contributed by atoms with Crippen molar-refractivity contribution in [3.8, 4) is 0 Å². The van der Waals surface area contributed by atoms with Crippen molar-refractivity contribution in [2.75, 3.05) is 34.8 Å². The number of carboxylic acid groups (broad SMARTS) is 1. The van der Waals surface area contributed by atoms with Crippen LogP contribution >= 0.6 is 11.3 Å². The Morgan fingerprint density at radius 3 is 2.41 bits per heavy atom. The van der Waals surface area contributed by atoms with Gasteiger partial charge in [0.05, 0.1) is 18.4 Å². The Kier molecular flexibility index (Phi) is 10.2. The van der Waals surface area contributed by atoms with Crippen LogP contribution in [0.25, 0.3) is 0 Å². The Labute approximate surface area is 236 Å². The number of carbonyl (C=O) groups excluding carboxylic acids is 1. The number of aliphatic hydroxyl groups is 1. The molecule has 0 atom stereocenters. The van der Waals surface area contributed by atoms with Gasteiger partial charge in [0.2, 0.25) is 0 Å². The van der Waals surface area contributed by atoms with E-state index < -0.39 is 23.6 Å². The Morgan fingerprint density at radius 1 is 1.05 bits per heavy atom. The van der Waals surface area contributed by atoms with Crippen LogP contribution in [0.4, 0.5) is 41.3 Å². The second-order valence-corrected chi connectivity index (χ2v) is 9.43. The van der Waals surface area contributed by atoms with Gasteiger partial charge in [-0.15, -0.1) is 0 Å². The molecule has 7 N–H and O–H groups in total. The highest BCUT2D eigenvalue weighted by Crippen LogP contribution is 2.30. The van der Waals surface area contributed by atoms with E-state index in [0.717, 1.165) is 29.0 Å². The molecule has 2 aromatic heterocycles. The lowest BCUT2D eigenvalue weighted by Gasteiger charge is -2.10. The van der Waals surface area contributed by atoms with Gasteiger partial charge >= 0.3 is 12.1 Å². The molecule has 4 aromatic rings. The molecule has 216 valence electrons. The van der Waals surface area contributed by atoms with Gasteiger partial charge in [-0.2, -0.15) is 13.2 Å². The summed E-state index contributed by atoms with van der Waals surface area (Å²) in [6.45, 7) is 3.93. The van der Waals surface area contributed by atoms with Crippen molar-refractivity contribution in [3.05, 3.63) is 82.1 Å². The minimum Gasteiger partial charge on any atom is -0.477 e. The smallest absolute Gasteiger partial charge is 0.416 e. The average molecular weight is 590 g/mol. The summed E-state index contributed by atoms with van der Waals surface area (Å²) < 4.78 is 37.8. The van der Waals surface area contributed by atoms with Gasteiger partial charge in [0.15, 0.2) is 5.13 Å². The number of hydrogen-bond acceptors (Lipinski definition) is 10. The van der Waals surface area contributed by atoms with Crippen molar-refractivity contribution in [1.29, 1.82) is 0 Å². The molecule has 2 aromatic carbocycles. The molecular formula is C26H26F3N7O4S. The molecule has 0 aliphatic carbocycles. The van der Waals surface area contributed by atoms with Gasteiger partial charge in [0.25, 0.3) is 5.91 Å². The van der Waals surface area contributed by atoms with E-state index in [4.69, 9.17) is 15.9 Å². The number of aromatic nitrogens is 3. The number of aliphatic hydroxyl groups excluding tert-OH is 1. The summed E-state index contributed by atoms with van der Waals surface area (Å²) in [5.74, 6) is -0.0113. The van der Waals surface area contributed by atoms with Crippen LogP contribution in [0.5, 0.6) is 0 Å². The first-order valence-corrected chi connectivity index (χ1v) is 12.7. The first-order valence-electron chi connectivity index (χ1n) is 11.9. The third-order valence-electron chi connectivity index (χ3n) is 5.20. The molecule has 4 rings (SSSR count). The number of aromatic carboxylic acids is 1. The van der Waals surface area contributed by atoms with Gasteiger partial charge < -0.3 is 31.9 Å². The molecule has 11 nitrogen and oxygen atoms in total. The number of benzene rings is 2. The van der Waals surface area contributed by atoms with Gasteiger partial charge in [-0.05, 0) is 49.7 Å². The van der Waals surface area contributed by atoms with Gasteiger partial charge in [-0.1, -0.05) is 23.5 Å². The standard InChI is InChI=1S/C15H13F3N2O.C11H13N5O3S/c1-9-5-6-12(8-13(9)19)20-14(21)10-3-2-4-11(7-10)15(16,17)18;1-6-14-8(12-2-3-17)4-9(15-6)16-11-13-5-7(20-11)10(18)19/h2-8H,19H2,1H3,(H,20,21);4-5,17H,2-3H2,1H3,(H,18,19)(H2,12,13,14,15,16). The zero-order valence-electron chi connectivity index (χ0n) is 21.8. The average Bonchev–Trinajstić information content (AvgIpc) is 3.38. The maximum Gasteiger partial charge on any atom is 0.416 e. The van der Waals surface area contributed by atoms with E-state index in [9.17, 15) is 22.8 Å². The lowest BCUT2D eigenvalue weighted by Crippen LogP contribution is -2.14. The predicted octanol–water partition coefficient (Wildman–Crippen LogP) is 4.94. The number of alkyl halides is 3. The lowest BCUT2D eigenvalue weighted by atomic mass is 10.1. The monoisotopic (exact) mass is 589 g/mol. The number of anilines is 5. The number of aryl methyl sites for hydroxylation is 2. The molecule has 15 heteroatoms. The highest BCUT2D eigenvalue weighted by Gasteiger charge is 2.30. The molecule has 0 bridgehead atoms. The SMILES string of the molecule is Cc1ccc(NC(=O)c2cccc(C(F)(F)F)c2)cc1N.Cc1nc(NCCO)cc(Nc2ncc(C(=O)O)s2)n1. The summed E-state index contributed by atoms with van der Waals surface area (Å²) in [6.07, 6.45) is -3.20. The quantitative estimate of drug-likeness (QED) is 0.155. The van der Waals surface area contributed by atoms with E-state index >= 15 is 0 Å². The van der Waals surface area contributed by atoms with E-state index in [2.05, 4.69) is 30.9 Å². The number of hydrogen-bond donors (Lipinski definition) is 6. The number of rotatable bonds is 8. The van der Waals surface area contributed by atoms with Crippen molar-refractivity contribution in [1.82, 2.24) is 15.0 Å². The van der Waals surface area contributed by atoms with Crippen LogP contribution in [0.1, 0.15) is 37.0 Å². The van der Waals surface area contributed by atoms with Crippen LogP contribution in [-0.4, -0.2) is 50.2 Å². The van der Waals surface area contributed by atoms with Crippen molar-refractivity contribution in [2.24, 2.45) is 0 Å². The van der Waals surface area contributed by atoms with E-state index in [-0.39, 0.29) is 17.0 Å². The van der Waals surface area contributed by atoms with Crippen LogP contribution in [0.3, 0.4) is 0 Å². The largest absolute Gasteiger partial charge is 0.477 e. The van der Waals surface area contributed by atoms with Gasteiger partial charge in [0, 0.05) is 29.5 Å². The number of halogens is 3. The maximum absolute atomic E-state index is 12.6. The second kappa shape index (κ2) is 13.5. The minimum atomic E-state index is -4.48.